The molecule has 1 nitrogen and oxygen atoms in total. The number of aliphatic hydroxyl groups is 1. The van der Waals surface area contributed by atoms with Crippen LogP contribution >= 0.6 is 15.9 Å². The van der Waals surface area contributed by atoms with Gasteiger partial charge in [-0.05, 0) is 46.5 Å². The van der Waals surface area contributed by atoms with Crippen molar-refractivity contribution in [1.82, 2.24) is 0 Å². The van der Waals surface area contributed by atoms with Gasteiger partial charge in [-0.1, -0.05) is 38.7 Å². The fourth-order valence-electron chi connectivity index (χ4n) is 1.85. The van der Waals surface area contributed by atoms with E-state index in [0.29, 0.717) is 10.9 Å². The third kappa shape index (κ3) is 5.64. The van der Waals surface area contributed by atoms with Crippen molar-refractivity contribution in [2.24, 2.45) is 0 Å². The average Bonchev–Trinajstić information content (AvgIpc) is 2.30. The molecule has 17 heavy (non-hydrogen) atoms. The van der Waals surface area contributed by atoms with Gasteiger partial charge < -0.3 is 5.11 Å². The first-order chi connectivity index (χ1) is 8.13. The molecule has 1 aromatic rings. The maximum atomic E-state index is 13.0. The Labute approximate surface area is 111 Å². The zero-order chi connectivity index (χ0) is 12.7. The van der Waals surface area contributed by atoms with Crippen LogP contribution in [0.4, 0.5) is 4.39 Å². The Morgan fingerprint density at radius 1 is 1.29 bits per heavy atom. The van der Waals surface area contributed by atoms with Crippen LogP contribution in [0.2, 0.25) is 0 Å². The molecule has 0 aliphatic rings. The van der Waals surface area contributed by atoms with Crippen molar-refractivity contribution >= 4 is 15.9 Å². The molecule has 1 atom stereocenters. The highest BCUT2D eigenvalue weighted by Gasteiger charge is 2.07. The predicted molar refractivity (Wildman–Crippen MR) is 72.6 cm³/mol. The first kappa shape index (κ1) is 14.7. The molecule has 0 heterocycles. The van der Waals surface area contributed by atoms with Gasteiger partial charge in [0, 0.05) is 0 Å². The summed E-state index contributed by atoms with van der Waals surface area (Å²) >= 11 is 3.15. The zero-order valence-corrected chi connectivity index (χ0v) is 11.8. The Morgan fingerprint density at radius 2 is 2.06 bits per heavy atom. The van der Waals surface area contributed by atoms with Crippen molar-refractivity contribution < 1.29 is 9.50 Å². The second kappa shape index (κ2) is 7.83. The molecule has 96 valence electrons. The predicted octanol–water partition coefficient (Wildman–Crippen LogP) is 4.46. The van der Waals surface area contributed by atoms with E-state index in [1.54, 1.807) is 12.1 Å². The highest BCUT2D eigenvalue weighted by molar-refractivity contribution is 9.10. The Kier molecular flexibility index (Phi) is 6.75. The molecule has 1 rings (SSSR count). The van der Waals surface area contributed by atoms with Gasteiger partial charge in [-0.25, -0.2) is 4.39 Å². The van der Waals surface area contributed by atoms with Gasteiger partial charge in [0.1, 0.15) is 5.82 Å². The topological polar surface area (TPSA) is 20.2 Å². The second-order valence-corrected chi connectivity index (χ2v) is 5.31. The molecule has 0 aliphatic carbocycles. The number of halogens is 2. The van der Waals surface area contributed by atoms with Gasteiger partial charge >= 0.3 is 0 Å². The van der Waals surface area contributed by atoms with Crippen molar-refractivity contribution in [3.63, 3.8) is 0 Å². The first-order valence-electron chi connectivity index (χ1n) is 6.25. The van der Waals surface area contributed by atoms with Crippen LogP contribution in [-0.4, -0.2) is 11.2 Å². The van der Waals surface area contributed by atoms with Gasteiger partial charge in [-0.15, -0.1) is 0 Å². The molecular formula is C14H20BrFO. The van der Waals surface area contributed by atoms with Gasteiger partial charge in [0.2, 0.25) is 0 Å². The zero-order valence-electron chi connectivity index (χ0n) is 10.3. The Morgan fingerprint density at radius 3 is 2.71 bits per heavy atom. The van der Waals surface area contributed by atoms with E-state index in [-0.39, 0.29) is 11.9 Å². The number of benzene rings is 1. The Balaban J connectivity index is 2.34. The molecule has 0 aliphatic heterocycles. The summed E-state index contributed by atoms with van der Waals surface area (Å²) in [5, 5.41) is 9.85. The van der Waals surface area contributed by atoms with Crippen molar-refractivity contribution in [2.45, 2.75) is 51.6 Å². The van der Waals surface area contributed by atoms with Crippen LogP contribution < -0.4 is 0 Å². The Hall–Kier alpha value is -0.410. The molecule has 3 heteroatoms. The minimum atomic E-state index is -0.316. The summed E-state index contributed by atoms with van der Waals surface area (Å²) in [4.78, 5) is 0. The standard InChI is InChI=1S/C14H20BrFO/c1-2-3-4-5-6-12(17)9-11-7-8-14(16)13(15)10-11/h7-8,10,12,17H,2-6,9H2,1H3. The van der Waals surface area contributed by atoms with Crippen LogP contribution in [0.3, 0.4) is 0 Å². The van der Waals surface area contributed by atoms with E-state index in [4.69, 9.17) is 0 Å². The third-order valence-electron chi connectivity index (χ3n) is 2.85. The summed E-state index contributed by atoms with van der Waals surface area (Å²) in [5.41, 5.74) is 0.973. The minimum Gasteiger partial charge on any atom is -0.393 e. The first-order valence-corrected chi connectivity index (χ1v) is 7.04. The summed E-state index contributed by atoms with van der Waals surface area (Å²) in [7, 11) is 0. The summed E-state index contributed by atoms with van der Waals surface area (Å²) in [6.07, 6.45) is 5.80. The summed E-state index contributed by atoms with van der Waals surface area (Å²) in [6, 6.07) is 4.91. The number of hydrogen-bond acceptors (Lipinski definition) is 1. The monoisotopic (exact) mass is 302 g/mol. The molecule has 0 aromatic heterocycles. The Bertz CT molecular complexity index is 341. The molecule has 0 bridgehead atoms. The smallest absolute Gasteiger partial charge is 0.137 e. The summed E-state index contributed by atoms with van der Waals surface area (Å²) in [6.45, 7) is 2.17. The van der Waals surface area contributed by atoms with Crippen LogP contribution in [0.25, 0.3) is 0 Å². The molecule has 1 unspecified atom stereocenters. The van der Waals surface area contributed by atoms with E-state index in [1.807, 2.05) is 0 Å². The maximum absolute atomic E-state index is 13.0. The number of rotatable bonds is 7. The molecule has 0 radical (unpaired) electrons. The lowest BCUT2D eigenvalue weighted by atomic mass is 10.0. The fourth-order valence-corrected chi connectivity index (χ4v) is 2.27. The van der Waals surface area contributed by atoms with Crippen LogP contribution in [0.15, 0.2) is 22.7 Å². The van der Waals surface area contributed by atoms with Gasteiger partial charge in [0.25, 0.3) is 0 Å². The second-order valence-electron chi connectivity index (χ2n) is 4.46. The van der Waals surface area contributed by atoms with Crippen molar-refractivity contribution in [3.8, 4) is 0 Å². The van der Waals surface area contributed by atoms with Crippen LogP contribution in [0, 0.1) is 5.82 Å². The molecule has 1 N–H and O–H groups in total. The molecule has 0 spiro atoms. The van der Waals surface area contributed by atoms with Crippen molar-refractivity contribution in [3.05, 3.63) is 34.1 Å². The quantitative estimate of drug-likeness (QED) is 0.737. The molecular weight excluding hydrogens is 283 g/mol. The normalized spacial score (nSPS) is 12.7. The van der Waals surface area contributed by atoms with Crippen molar-refractivity contribution in [2.75, 3.05) is 0 Å². The lowest BCUT2D eigenvalue weighted by Gasteiger charge is -2.10. The molecule has 0 fully saturated rings. The van der Waals surface area contributed by atoms with E-state index >= 15 is 0 Å². The average molecular weight is 303 g/mol. The van der Waals surface area contributed by atoms with Gasteiger partial charge in [0.15, 0.2) is 0 Å². The van der Waals surface area contributed by atoms with E-state index in [1.165, 1.54) is 25.3 Å². The van der Waals surface area contributed by atoms with Gasteiger partial charge in [-0.2, -0.15) is 0 Å². The fraction of sp³-hybridized carbons (Fsp3) is 0.571. The molecule has 1 aromatic carbocycles. The van der Waals surface area contributed by atoms with Gasteiger partial charge in [0.05, 0.1) is 10.6 Å². The summed E-state index contributed by atoms with van der Waals surface area (Å²) < 4.78 is 13.5. The maximum Gasteiger partial charge on any atom is 0.137 e. The molecule has 0 saturated carbocycles. The number of aliphatic hydroxyl groups excluding tert-OH is 1. The van der Waals surface area contributed by atoms with Crippen LogP contribution in [0.1, 0.15) is 44.6 Å². The van der Waals surface area contributed by atoms with Crippen LogP contribution in [0.5, 0.6) is 0 Å². The lowest BCUT2D eigenvalue weighted by molar-refractivity contribution is 0.161. The lowest BCUT2D eigenvalue weighted by Crippen LogP contribution is -2.10. The highest BCUT2D eigenvalue weighted by atomic mass is 79.9. The van der Waals surface area contributed by atoms with Crippen molar-refractivity contribution in [1.29, 1.82) is 0 Å². The summed E-state index contributed by atoms with van der Waals surface area (Å²) in [5.74, 6) is -0.258. The number of hydrogen-bond donors (Lipinski definition) is 1. The highest BCUT2D eigenvalue weighted by Crippen LogP contribution is 2.18. The van der Waals surface area contributed by atoms with E-state index < -0.39 is 0 Å². The number of unbranched alkanes of at least 4 members (excludes halogenated alkanes) is 3. The minimum absolute atomic E-state index is 0.258. The SMILES string of the molecule is CCCCCCC(O)Cc1ccc(F)c(Br)c1. The van der Waals surface area contributed by atoms with E-state index in [2.05, 4.69) is 22.9 Å². The third-order valence-corrected chi connectivity index (χ3v) is 3.45. The van der Waals surface area contributed by atoms with E-state index in [9.17, 15) is 9.50 Å². The van der Waals surface area contributed by atoms with Gasteiger partial charge in [-0.3, -0.25) is 0 Å². The molecule has 0 amide bonds. The molecule has 0 saturated heterocycles. The largest absolute Gasteiger partial charge is 0.393 e. The van der Waals surface area contributed by atoms with Crippen LogP contribution in [-0.2, 0) is 6.42 Å². The van der Waals surface area contributed by atoms with E-state index in [0.717, 1.165) is 18.4 Å².